The lowest BCUT2D eigenvalue weighted by Gasteiger charge is -2.06. The van der Waals surface area contributed by atoms with Crippen LogP contribution >= 0.6 is 11.3 Å². The van der Waals surface area contributed by atoms with Crippen LogP contribution in [0.5, 0.6) is 0 Å². The van der Waals surface area contributed by atoms with Crippen molar-refractivity contribution in [1.29, 1.82) is 0 Å². The Labute approximate surface area is 109 Å². The Balaban J connectivity index is 2.33. The van der Waals surface area contributed by atoms with Gasteiger partial charge >= 0.3 is 0 Å². The SMILES string of the molecule is Cc1csc(NS(=O)(=O)c2ccc(F)c(C)c2)n1. The van der Waals surface area contributed by atoms with Gasteiger partial charge in [-0.25, -0.2) is 17.8 Å². The number of nitrogens with one attached hydrogen (secondary N) is 1. The molecule has 1 heterocycles. The lowest BCUT2D eigenvalue weighted by Crippen LogP contribution is -2.13. The zero-order valence-corrected chi connectivity index (χ0v) is 11.4. The molecule has 7 heteroatoms. The van der Waals surface area contributed by atoms with Crippen molar-refractivity contribution in [2.24, 2.45) is 0 Å². The standard InChI is InChI=1S/C11H11FN2O2S2/c1-7-5-9(3-4-10(7)12)18(15,16)14-11-13-8(2)6-17-11/h3-6H,1-2H3,(H,13,14). The number of thiazole rings is 1. The van der Waals surface area contributed by atoms with Crippen LogP contribution in [0.3, 0.4) is 0 Å². The van der Waals surface area contributed by atoms with E-state index in [1.165, 1.54) is 30.4 Å². The fourth-order valence-electron chi connectivity index (χ4n) is 1.36. The normalized spacial score (nSPS) is 11.5. The minimum Gasteiger partial charge on any atom is -0.255 e. The highest BCUT2D eigenvalue weighted by Crippen LogP contribution is 2.21. The third kappa shape index (κ3) is 2.68. The summed E-state index contributed by atoms with van der Waals surface area (Å²) in [7, 11) is -3.71. The minimum absolute atomic E-state index is 0.0225. The molecule has 96 valence electrons. The molecule has 4 nitrogen and oxygen atoms in total. The van der Waals surface area contributed by atoms with Crippen LogP contribution in [0.1, 0.15) is 11.3 Å². The fourth-order valence-corrected chi connectivity index (χ4v) is 3.38. The van der Waals surface area contributed by atoms with Crippen LogP contribution in [-0.4, -0.2) is 13.4 Å². The zero-order chi connectivity index (χ0) is 13.3. The van der Waals surface area contributed by atoms with Gasteiger partial charge in [0.25, 0.3) is 10.0 Å². The van der Waals surface area contributed by atoms with E-state index in [9.17, 15) is 12.8 Å². The van der Waals surface area contributed by atoms with Crippen LogP contribution in [0, 0.1) is 19.7 Å². The van der Waals surface area contributed by atoms with Crippen molar-refractivity contribution in [2.75, 3.05) is 4.72 Å². The van der Waals surface area contributed by atoms with Crippen LogP contribution in [0.4, 0.5) is 9.52 Å². The molecular weight excluding hydrogens is 275 g/mol. The van der Waals surface area contributed by atoms with Crippen molar-refractivity contribution in [3.8, 4) is 0 Å². The maximum Gasteiger partial charge on any atom is 0.263 e. The van der Waals surface area contributed by atoms with Gasteiger partial charge in [-0.05, 0) is 37.6 Å². The van der Waals surface area contributed by atoms with Gasteiger partial charge in [-0.1, -0.05) is 0 Å². The second-order valence-electron chi connectivity index (χ2n) is 3.81. The molecule has 1 aromatic carbocycles. The van der Waals surface area contributed by atoms with Crippen LogP contribution in [-0.2, 0) is 10.0 Å². The molecule has 0 unspecified atom stereocenters. The first-order valence-electron chi connectivity index (χ1n) is 5.09. The predicted molar refractivity (Wildman–Crippen MR) is 68.8 cm³/mol. The molecule has 2 rings (SSSR count). The van der Waals surface area contributed by atoms with Gasteiger partial charge in [0.2, 0.25) is 0 Å². The van der Waals surface area contributed by atoms with Crippen molar-refractivity contribution in [3.05, 3.63) is 40.7 Å². The number of halogens is 1. The number of aromatic nitrogens is 1. The van der Waals surface area contributed by atoms with Crippen LogP contribution in [0.15, 0.2) is 28.5 Å². The van der Waals surface area contributed by atoms with E-state index < -0.39 is 15.8 Å². The Kier molecular flexibility index (Phi) is 3.36. The minimum atomic E-state index is -3.71. The highest BCUT2D eigenvalue weighted by atomic mass is 32.2. The number of benzene rings is 1. The maximum absolute atomic E-state index is 13.1. The summed E-state index contributed by atoms with van der Waals surface area (Å²) in [6.07, 6.45) is 0. The summed E-state index contributed by atoms with van der Waals surface area (Å²) in [6, 6.07) is 3.65. The number of hydrogen-bond donors (Lipinski definition) is 1. The van der Waals surface area contributed by atoms with E-state index in [1.54, 1.807) is 12.3 Å². The first-order valence-corrected chi connectivity index (χ1v) is 7.46. The second kappa shape index (κ2) is 4.66. The molecule has 0 amide bonds. The molecule has 0 spiro atoms. The van der Waals surface area contributed by atoms with Crippen molar-refractivity contribution in [1.82, 2.24) is 4.98 Å². The molecule has 18 heavy (non-hydrogen) atoms. The average Bonchev–Trinajstić information content (AvgIpc) is 2.67. The third-order valence-corrected chi connectivity index (χ3v) is 4.62. The molecule has 0 fully saturated rings. The van der Waals surface area contributed by atoms with E-state index in [2.05, 4.69) is 9.71 Å². The van der Waals surface area contributed by atoms with Gasteiger partial charge in [0.15, 0.2) is 5.13 Å². The number of hydrogen-bond acceptors (Lipinski definition) is 4. The largest absolute Gasteiger partial charge is 0.263 e. The van der Waals surface area contributed by atoms with Gasteiger partial charge in [0.1, 0.15) is 5.82 Å². The van der Waals surface area contributed by atoms with E-state index in [-0.39, 0.29) is 10.5 Å². The highest BCUT2D eigenvalue weighted by Gasteiger charge is 2.16. The Bertz CT molecular complexity index is 680. The molecular formula is C11H11FN2O2S2. The molecule has 0 radical (unpaired) electrons. The summed E-state index contributed by atoms with van der Waals surface area (Å²) >= 11 is 1.20. The number of aryl methyl sites for hydroxylation is 2. The molecule has 0 aliphatic carbocycles. The summed E-state index contributed by atoms with van der Waals surface area (Å²) < 4.78 is 39.5. The van der Waals surface area contributed by atoms with Crippen molar-refractivity contribution in [2.45, 2.75) is 18.7 Å². The highest BCUT2D eigenvalue weighted by molar-refractivity contribution is 7.93. The zero-order valence-electron chi connectivity index (χ0n) is 9.77. The Morgan fingerprint density at radius 3 is 2.61 bits per heavy atom. The number of rotatable bonds is 3. The van der Waals surface area contributed by atoms with Gasteiger partial charge in [0, 0.05) is 5.38 Å². The van der Waals surface area contributed by atoms with Crippen molar-refractivity contribution in [3.63, 3.8) is 0 Å². The lowest BCUT2D eigenvalue weighted by atomic mass is 10.2. The molecule has 0 aliphatic heterocycles. The lowest BCUT2D eigenvalue weighted by molar-refractivity contribution is 0.598. The molecule has 1 aromatic heterocycles. The fraction of sp³-hybridized carbons (Fsp3) is 0.182. The molecule has 0 saturated carbocycles. The maximum atomic E-state index is 13.1. The molecule has 0 atom stereocenters. The monoisotopic (exact) mass is 286 g/mol. The number of nitrogens with zero attached hydrogens (tertiary/aromatic N) is 1. The smallest absolute Gasteiger partial charge is 0.255 e. The van der Waals surface area contributed by atoms with Gasteiger partial charge in [-0.15, -0.1) is 11.3 Å². The Morgan fingerprint density at radius 2 is 2.06 bits per heavy atom. The van der Waals surface area contributed by atoms with Crippen LogP contribution < -0.4 is 4.72 Å². The summed E-state index contributed by atoms with van der Waals surface area (Å²) in [5.74, 6) is -0.431. The molecule has 2 aromatic rings. The first kappa shape index (κ1) is 13.0. The summed E-state index contributed by atoms with van der Waals surface area (Å²) in [6.45, 7) is 3.29. The van der Waals surface area contributed by atoms with Crippen LogP contribution in [0.2, 0.25) is 0 Å². The Morgan fingerprint density at radius 1 is 1.33 bits per heavy atom. The summed E-state index contributed by atoms with van der Waals surface area (Å²) in [4.78, 5) is 4.04. The van der Waals surface area contributed by atoms with E-state index in [0.717, 1.165) is 11.8 Å². The Hall–Kier alpha value is -1.47. The molecule has 0 saturated heterocycles. The van der Waals surface area contributed by atoms with Gasteiger partial charge in [-0.2, -0.15) is 0 Å². The van der Waals surface area contributed by atoms with Gasteiger partial charge < -0.3 is 0 Å². The van der Waals surface area contributed by atoms with E-state index in [1.807, 2.05) is 0 Å². The van der Waals surface area contributed by atoms with E-state index >= 15 is 0 Å². The summed E-state index contributed by atoms with van der Waals surface area (Å²) in [5.41, 5.74) is 1.03. The van der Waals surface area contributed by atoms with Gasteiger partial charge in [-0.3, -0.25) is 4.72 Å². The predicted octanol–water partition coefficient (Wildman–Crippen LogP) is 2.70. The van der Waals surface area contributed by atoms with Gasteiger partial charge in [0.05, 0.1) is 10.6 Å². The number of anilines is 1. The molecule has 1 N–H and O–H groups in total. The summed E-state index contributed by atoms with van der Waals surface area (Å²) in [5, 5.41) is 2.04. The molecule has 0 aliphatic rings. The van der Waals surface area contributed by atoms with Crippen LogP contribution in [0.25, 0.3) is 0 Å². The molecule has 0 bridgehead atoms. The van der Waals surface area contributed by atoms with E-state index in [0.29, 0.717) is 5.13 Å². The number of sulfonamides is 1. The van der Waals surface area contributed by atoms with Crippen molar-refractivity contribution >= 4 is 26.5 Å². The quantitative estimate of drug-likeness (QED) is 0.943. The average molecular weight is 286 g/mol. The third-order valence-electron chi connectivity index (χ3n) is 2.28. The van der Waals surface area contributed by atoms with Crippen molar-refractivity contribution < 1.29 is 12.8 Å². The topological polar surface area (TPSA) is 59.1 Å². The first-order chi connectivity index (χ1) is 8.38. The van der Waals surface area contributed by atoms with E-state index in [4.69, 9.17) is 0 Å². The second-order valence-corrected chi connectivity index (χ2v) is 6.35.